The lowest BCUT2D eigenvalue weighted by Crippen LogP contribution is -2.76. The molecule has 4 bridgehead atoms. The van der Waals surface area contributed by atoms with Crippen LogP contribution < -0.4 is 14.8 Å². The van der Waals surface area contributed by atoms with Crippen LogP contribution >= 0.6 is 0 Å². The zero-order valence-electron chi connectivity index (χ0n) is 25.8. The lowest BCUT2D eigenvalue weighted by atomic mass is 9.49. The van der Waals surface area contributed by atoms with Crippen molar-refractivity contribution in [3.63, 3.8) is 0 Å². The summed E-state index contributed by atoms with van der Waals surface area (Å²) >= 11 is 0. The molecule has 5 aliphatic carbocycles. The van der Waals surface area contributed by atoms with E-state index in [1.54, 1.807) is 12.1 Å². The van der Waals surface area contributed by atoms with Crippen LogP contribution in [0.25, 0.3) is 0 Å². The Kier molecular flexibility index (Phi) is 5.36. The smallest absolute Gasteiger partial charge is 0.174 e. The average Bonchev–Trinajstić information content (AvgIpc) is 3.66. The maximum Gasteiger partial charge on any atom is 0.174 e. The van der Waals surface area contributed by atoms with Crippen LogP contribution in [0.3, 0.4) is 0 Å². The highest BCUT2D eigenvalue weighted by Gasteiger charge is 2.74. The highest BCUT2D eigenvalue weighted by atomic mass is 16.5. The van der Waals surface area contributed by atoms with E-state index in [1.807, 2.05) is 12.1 Å². The van der Waals surface area contributed by atoms with E-state index in [1.165, 1.54) is 12.8 Å². The van der Waals surface area contributed by atoms with Crippen LogP contribution in [0.4, 0.5) is 0 Å². The summed E-state index contributed by atoms with van der Waals surface area (Å²) in [4.78, 5) is 27.6. The molecule has 2 unspecified atom stereocenters. The first-order valence-corrected chi connectivity index (χ1v) is 17.1. The third-order valence-electron chi connectivity index (χ3n) is 13.6. The van der Waals surface area contributed by atoms with Crippen LogP contribution in [-0.4, -0.2) is 92.0 Å². The molecule has 2 aromatic rings. The number of ether oxygens (including phenoxy) is 2. The highest BCUT2D eigenvalue weighted by Crippen LogP contribution is 2.66. The number of piperidine rings is 2. The van der Waals surface area contributed by atoms with E-state index in [4.69, 9.17) is 9.47 Å². The summed E-state index contributed by atoms with van der Waals surface area (Å²) in [6.07, 6.45) is 5.87. The second-order valence-electron chi connectivity index (χ2n) is 15.5. The number of carbonyl (C=O) groups excluding carboxylic acids is 2. The van der Waals surface area contributed by atoms with Crippen molar-refractivity contribution < 1.29 is 39.5 Å². The lowest BCUT2D eigenvalue weighted by Gasteiger charge is -2.62. The minimum atomic E-state index is -0.962. The molecular formula is C36H40N2O8. The Morgan fingerprint density at radius 3 is 2.00 bits per heavy atom. The number of ketones is 2. The number of rotatable bonds is 2. The molecule has 0 radical (unpaired) electrons. The molecule has 10 nitrogen and oxygen atoms in total. The largest absolute Gasteiger partial charge is 0.504 e. The molecule has 2 saturated heterocycles. The number of hydrogen-bond acceptors (Lipinski definition) is 10. The first kappa shape index (κ1) is 27.9. The summed E-state index contributed by atoms with van der Waals surface area (Å²) in [6.45, 7) is 2.71. The summed E-state index contributed by atoms with van der Waals surface area (Å²) in [5.74, 6) is 1.93. The summed E-state index contributed by atoms with van der Waals surface area (Å²) in [6, 6.07) is 7.18. The van der Waals surface area contributed by atoms with Gasteiger partial charge < -0.3 is 35.2 Å². The molecule has 0 amide bonds. The maximum absolute atomic E-state index is 12.7. The Morgan fingerprint density at radius 2 is 1.37 bits per heavy atom. The van der Waals surface area contributed by atoms with Crippen molar-refractivity contribution in [3.8, 4) is 23.0 Å². The molecule has 0 aromatic heterocycles. The number of aliphatic hydroxyl groups is 2. The highest BCUT2D eigenvalue weighted by molar-refractivity contribution is 5.91. The summed E-state index contributed by atoms with van der Waals surface area (Å²) < 4.78 is 11.9. The van der Waals surface area contributed by atoms with Crippen molar-refractivity contribution in [1.29, 1.82) is 0 Å². The van der Waals surface area contributed by atoms with Gasteiger partial charge in [-0.3, -0.25) is 14.5 Å². The molecule has 2 aromatic carbocycles. The SMILES string of the molecule is O=C1CC[C@]2(O)C3Cc4ccc(O)c5c4[C@]2(CCN3)[C@@H]1O5.O=C1CC[C@]2(O)C3Cc4ccc(O)c5c4[C@]2(CCN3CC2CC2)[C@@H]1O5. The minimum Gasteiger partial charge on any atom is -0.504 e. The zero-order chi connectivity index (χ0) is 31.4. The predicted molar refractivity (Wildman–Crippen MR) is 163 cm³/mol. The van der Waals surface area contributed by atoms with Crippen LogP contribution in [0.1, 0.15) is 73.6 Å². The molecule has 242 valence electrons. The second-order valence-corrected chi connectivity index (χ2v) is 15.5. The van der Waals surface area contributed by atoms with Gasteiger partial charge in [0.1, 0.15) is 0 Å². The van der Waals surface area contributed by atoms with Crippen LogP contribution in [0, 0.1) is 5.92 Å². The Balaban J connectivity index is 0.000000121. The van der Waals surface area contributed by atoms with Crippen molar-refractivity contribution in [2.45, 2.75) is 111 Å². The Labute approximate surface area is 266 Å². The van der Waals surface area contributed by atoms with Crippen LogP contribution in [0.15, 0.2) is 24.3 Å². The molecular weight excluding hydrogens is 588 g/mol. The van der Waals surface area contributed by atoms with Crippen molar-refractivity contribution in [1.82, 2.24) is 10.2 Å². The van der Waals surface area contributed by atoms with Crippen molar-refractivity contribution in [2.24, 2.45) is 5.92 Å². The number of carbonyl (C=O) groups is 2. The standard InChI is InChI=1S/C20H23NO4.C16H17NO4/c22-13-4-3-12-9-15-20(24)6-5-14(23)18-19(20,16(12)17(13)25-18)7-8-21(15)10-11-1-2-11;18-9-2-1-8-7-11-16(20)4-3-10(19)14-15(16,5-6-17-11)12(8)13(9)21-14/h3-4,11,15,18,22,24H,1-2,5-10H2;1-2,11,14,17-18,20H,3-7H2/t15?,18-,19-,20+;11?,14-,15-,16+/m11/s1. The topological polar surface area (TPSA) is 149 Å². The molecule has 10 heteroatoms. The van der Waals surface area contributed by atoms with Gasteiger partial charge in [0.25, 0.3) is 0 Å². The number of likely N-dealkylation sites (tertiary alicyclic amines) is 1. The number of nitrogens with zero attached hydrogens (tertiary/aromatic N) is 1. The van der Waals surface area contributed by atoms with Gasteiger partial charge in [-0.15, -0.1) is 0 Å². The van der Waals surface area contributed by atoms with Gasteiger partial charge in [-0.25, -0.2) is 0 Å². The Bertz CT molecular complexity index is 1740. The van der Waals surface area contributed by atoms with Gasteiger partial charge in [0, 0.05) is 42.6 Å². The number of nitrogens with one attached hydrogen (secondary N) is 1. The molecule has 4 aliphatic heterocycles. The van der Waals surface area contributed by atoms with E-state index in [9.17, 15) is 30.0 Å². The van der Waals surface area contributed by atoms with Crippen LogP contribution in [-0.2, 0) is 33.3 Å². The monoisotopic (exact) mass is 628 g/mol. The number of benzene rings is 2. The number of aromatic hydroxyl groups is 2. The van der Waals surface area contributed by atoms with Gasteiger partial charge in [-0.1, -0.05) is 12.1 Å². The summed E-state index contributed by atoms with van der Waals surface area (Å²) in [5, 5.41) is 47.3. The quantitative estimate of drug-likeness (QED) is 0.334. The third kappa shape index (κ3) is 3.09. The average molecular weight is 629 g/mol. The fraction of sp³-hybridized carbons (Fsp3) is 0.611. The van der Waals surface area contributed by atoms with E-state index in [2.05, 4.69) is 10.2 Å². The van der Waals surface area contributed by atoms with Gasteiger partial charge in [-0.2, -0.15) is 0 Å². The van der Waals surface area contributed by atoms with Crippen LogP contribution in [0.5, 0.6) is 23.0 Å². The molecule has 11 rings (SSSR count). The predicted octanol–water partition coefficient (Wildman–Crippen LogP) is 1.93. The normalized spacial score (nSPS) is 41.9. The maximum atomic E-state index is 12.7. The summed E-state index contributed by atoms with van der Waals surface area (Å²) in [5.41, 5.74) is 0.785. The fourth-order valence-electron chi connectivity index (χ4n) is 11.5. The first-order valence-electron chi connectivity index (χ1n) is 17.1. The zero-order valence-corrected chi connectivity index (χ0v) is 25.8. The lowest BCUT2D eigenvalue weighted by molar-refractivity contribution is -0.188. The van der Waals surface area contributed by atoms with Gasteiger partial charge in [0.15, 0.2) is 46.8 Å². The van der Waals surface area contributed by atoms with Crippen molar-refractivity contribution >= 4 is 11.6 Å². The molecule has 5 N–H and O–H groups in total. The van der Waals surface area contributed by atoms with Crippen molar-refractivity contribution in [2.75, 3.05) is 19.6 Å². The molecule has 4 heterocycles. The van der Waals surface area contributed by atoms with Crippen molar-refractivity contribution in [3.05, 3.63) is 46.5 Å². The molecule has 8 atom stereocenters. The Morgan fingerprint density at radius 1 is 0.783 bits per heavy atom. The van der Waals surface area contributed by atoms with E-state index >= 15 is 0 Å². The van der Waals surface area contributed by atoms with Gasteiger partial charge in [0.05, 0.1) is 22.0 Å². The molecule has 5 fully saturated rings. The number of hydrogen-bond donors (Lipinski definition) is 5. The van der Waals surface area contributed by atoms with Gasteiger partial charge in [0.2, 0.25) is 0 Å². The van der Waals surface area contributed by atoms with E-state index in [-0.39, 0.29) is 35.1 Å². The van der Waals surface area contributed by atoms with Crippen LogP contribution in [0.2, 0.25) is 0 Å². The number of Topliss-reactive ketones (excluding diaryl/α,β-unsaturated/α-hetero) is 2. The second kappa shape index (κ2) is 8.83. The molecule has 3 saturated carbocycles. The van der Waals surface area contributed by atoms with E-state index in [0.29, 0.717) is 50.0 Å². The number of phenols is 2. The minimum absolute atomic E-state index is 0.0452. The van der Waals surface area contributed by atoms with Gasteiger partial charge >= 0.3 is 0 Å². The fourth-order valence-corrected chi connectivity index (χ4v) is 11.5. The molecule has 2 spiro atoms. The number of phenolic OH excluding ortho intramolecular Hbond substituents is 2. The first-order chi connectivity index (χ1) is 22.1. The molecule has 46 heavy (non-hydrogen) atoms. The van der Waals surface area contributed by atoms with E-state index < -0.39 is 34.2 Å². The Hall–Kier alpha value is -3.18. The van der Waals surface area contributed by atoms with Gasteiger partial charge in [-0.05, 0) is 93.6 Å². The summed E-state index contributed by atoms with van der Waals surface area (Å²) in [7, 11) is 0. The third-order valence-corrected chi connectivity index (χ3v) is 13.6. The van der Waals surface area contributed by atoms with E-state index in [0.717, 1.165) is 60.6 Å². The molecule has 9 aliphatic rings.